The lowest BCUT2D eigenvalue weighted by Crippen LogP contribution is -2.37. The van der Waals surface area contributed by atoms with Gasteiger partial charge < -0.3 is 15.4 Å². The van der Waals surface area contributed by atoms with Crippen LogP contribution in [0.5, 0.6) is 0 Å². The largest absolute Gasteiger partial charge is 0.444 e. The van der Waals surface area contributed by atoms with Crippen molar-refractivity contribution in [2.75, 3.05) is 13.1 Å². The number of carbonyl (C=O) groups excluding carboxylic acids is 1. The van der Waals surface area contributed by atoms with Crippen molar-refractivity contribution >= 4 is 6.09 Å². The molecule has 4 nitrogen and oxygen atoms in total. The van der Waals surface area contributed by atoms with Crippen molar-refractivity contribution in [1.29, 1.82) is 0 Å². The van der Waals surface area contributed by atoms with Crippen molar-refractivity contribution in [3.05, 3.63) is 0 Å². The van der Waals surface area contributed by atoms with Gasteiger partial charge in [-0.3, -0.25) is 0 Å². The van der Waals surface area contributed by atoms with E-state index in [1.807, 2.05) is 20.8 Å². The monoisotopic (exact) mass is 284 g/mol. The topological polar surface area (TPSA) is 50.4 Å². The second-order valence-electron chi connectivity index (χ2n) is 6.92. The minimum atomic E-state index is -0.419. The molecule has 0 unspecified atom stereocenters. The quantitative estimate of drug-likeness (QED) is 0.734. The number of nitrogens with one attached hydrogen (secondary N) is 2. The molecule has 0 saturated heterocycles. The van der Waals surface area contributed by atoms with Crippen LogP contribution in [0.15, 0.2) is 0 Å². The van der Waals surface area contributed by atoms with Crippen LogP contribution in [0.2, 0.25) is 0 Å². The molecule has 0 spiro atoms. The third-order valence-electron chi connectivity index (χ3n) is 3.85. The number of rotatable bonds is 6. The maximum Gasteiger partial charge on any atom is 0.407 e. The van der Waals surface area contributed by atoms with Crippen LogP contribution in [0.1, 0.15) is 66.2 Å². The molecule has 0 radical (unpaired) electrons. The molecule has 0 aromatic carbocycles. The minimum Gasteiger partial charge on any atom is -0.444 e. The van der Waals surface area contributed by atoms with E-state index in [1.54, 1.807) is 0 Å². The maximum atomic E-state index is 11.4. The molecular weight excluding hydrogens is 252 g/mol. The highest BCUT2D eigenvalue weighted by Crippen LogP contribution is 2.26. The van der Waals surface area contributed by atoms with Crippen LogP contribution in [-0.4, -0.2) is 30.8 Å². The van der Waals surface area contributed by atoms with Gasteiger partial charge in [-0.2, -0.15) is 0 Å². The lowest BCUT2D eigenvalue weighted by molar-refractivity contribution is 0.0527. The summed E-state index contributed by atoms with van der Waals surface area (Å²) in [5.74, 6) is 0.836. The number of alkyl carbamates (subject to hydrolysis) is 1. The van der Waals surface area contributed by atoms with Gasteiger partial charge in [-0.05, 0) is 59.4 Å². The van der Waals surface area contributed by atoms with E-state index in [-0.39, 0.29) is 6.09 Å². The van der Waals surface area contributed by atoms with Gasteiger partial charge in [-0.1, -0.05) is 19.3 Å². The highest BCUT2D eigenvalue weighted by atomic mass is 16.6. The van der Waals surface area contributed by atoms with Crippen LogP contribution < -0.4 is 10.6 Å². The molecule has 1 rings (SSSR count). The first-order valence-corrected chi connectivity index (χ1v) is 8.09. The van der Waals surface area contributed by atoms with Gasteiger partial charge in [-0.15, -0.1) is 0 Å². The minimum absolute atomic E-state index is 0.321. The van der Waals surface area contributed by atoms with Gasteiger partial charge in [0.05, 0.1) is 0 Å². The van der Waals surface area contributed by atoms with Gasteiger partial charge in [0.15, 0.2) is 0 Å². The molecule has 4 heteroatoms. The van der Waals surface area contributed by atoms with Gasteiger partial charge in [0.2, 0.25) is 0 Å². The molecule has 20 heavy (non-hydrogen) atoms. The molecule has 1 saturated carbocycles. The van der Waals surface area contributed by atoms with Crippen molar-refractivity contribution in [1.82, 2.24) is 10.6 Å². The van der Waals surface area contributed by atoms with Gasteiger partial charge in [0.1, 0.15) is 5.60 Å². The summed E-state index contributed by atoms with van der Waals surface area (Å²) in [6.45, 7) is 9.53. The fourth-order valence-corrected chi connectivity index (χ4v) is 2.72. The lowest BCUT2D eigenvalue weighted by atomic mass is 9.84. The Balaban J connectivity index is 2.02. The first kappa shape index (κ1) is 17.3. The Labute approximate surface area is 124 Å². The standard InChI is InChI=1S/C16H32N2O2/c1-13(14-9-6-5-7-10-14)17-11-8-12-18-15(19)20-16(2,3)4/h13-14,17H,5-12H2,1-4H3,(H,18,19)/t13-/m1/s1. The summed E-state index contributed by atoms with van der Waals surface area (Å²) in [5.41, 5.74) is -0.419. The van der Waals surface area contributed by atoms with E-state index >= 15 is 0 Å². The molecule has 0 bridgehead atoms. The van der Waals surface area contributed by atoms with Crippen molar-refractivity contribution in [2.45, 2.75) is 77.9 Å². The van der Waals surface area contributed by atoms with Crippen LogP contribution in [0, 0.1) is 5.92 Å². The number of hydrogen-bond acceptors (Lipinski definition) is 3. The van der Waals surface area contributed by atoms with Crippen LogP contribution in [0.3, 0.4) is 0 Å². The summed E-state index contributed by atoms with van der Waals surface area (Å²) < 4.78 is 5.19. The average Bonchev–Trinajstić information content (AvgIpc) is 2.37. The first-order valence-electron chi connectivity index (χ1n) is 8.09. The van der Waals surface area contributed by atoms with Crippen LogP contribution in [-0.2, 0) is 4.74 Å². The normalized spacial score (nSPS) is 18.6. The molecule has 0 aliphatic heterocycles. The average molecular weight is 284 g/mol. The second kappa shape index (κ2) is 8.50. The third-order valence-corrected chi connectivity index (χ3v) is 3.85. The third kappa shape index (κ3) is 7.73. The maximum absolute atomic E-state index is 11.4. The predicted octanol–water partition coefficient (Wildman–Crippen LogP) is 3.46. The first-order chi connectivity index (χ1) is 9.38. The Morgan fingerprint density at radius 1 is 1.20 bits per heavy atom. The van der Waals surface area contributed by atoms with E-state index in [0.29, 0.717) is 12.6 Å². The summed E-state index contributed by atoms with van der Waals surface area (Å²) >= 11 is 0. The Kier molecular flexibility index (Phi) is 7.35. The molecule has 0 heterocycles. The molecule has 1 aliphatic rings. The molecule has 1 atom stereocenters. The molecule has 0 aromatic heterocycles. The van der Waals surface area contributed by atoms with Crippen molar-refractivity contribution < 1.29 is 9.53 Å². The predicted molar refractivity (Wildman–Crippen MR) is 82.9 cm³/mol. The summed E-state index contributed by atoms with van der Waals surface area (Å²) in [5, 5.41) is 6.37. The summed E-state index contributed by atoms with van der Waals surface area (Å²) in [6, 6.07) is 0.594. The van der Waals surface area contributed by atoms with Crippen molar-refractivity contribution in [3.63, 3.8) is 0 Å². The van der Waals surface area contributed by atoms with Crippen LogP contribution in [0.4, 0.5) is 4.79 Å². The molecule has 1 aliphatic carbocycles. The molecular formula is C16H32N2O2. The van der Waals surface area contributed by atoms with E-state index < -0.39 is 5.60 Å². The van der Waals surface area contributed by atoms with Crippen LogP contribution >= 0.6 is 0 Å². The Hall–Kier alpha value is -0.770. The van der Waals surface area contributed by atoms with Gasteiger partial charge >= 0.3 is 6.09 Å². The van der Waals surface area contributed by atoms with Gasteiger partial charge in [0, 0.05) is 12.6 Å². The zero-order chi connectivity index (χ0) is 15.0. The number of amides is 1. The Bertz CT molecular complexity index is 281. The van der Waals surface area contributed by atoms with E-state index in [9.17, 15) is 4.79 Å². The second-order valence-corrected chi connectivity index (χ2v) is 6.92. The summed E-state index contributed by atoms with van der Waals surface area (Å²) in [7, 11) is 0. The highest BCUT2D eigenvalue weighted by molar-refractivity contribution is 5.67. The fraction of sp³-hybridized carbons (Fsp3) is 0.938. The molecule has 118 valence electrons. The van der Waals surface area contributed by atoms with E-state index in [2.05, 4.69) is 17.6 Å². The fourth-order valence-electron chi connectivity index (χ4n) is 2.72. The van der Waals surface area contributed by atoms with Crippen LogP contribution in [0.25, 0.3) is 0 Å². The van der Waals surface area contributed by atoms with Gasteiger partial charge in [-0.25, -0.2) is 4.79 Å². The lowest BCUT2D eigenvalue weighted by Gasteiger charge is -2.28. The molecule has 1 fully saturated rings. The van der Waals surface area contributed by atoms with Gasteiger partial charge in [0.25, 0.3) is 0 Å². The van der Waals surface area contributed by atoms with E-state index in [0.717, 1.165) is 18.9 Å². The number of ether oxygens (including phenoxy) is 1. The van der Waals surface area contributed by atoms with Crippen molar-refractivity contribution in [2.24, 2.45) is 5.92 Å². The zero-order valence-corrected chi connectivity index (χ0v) is 13.6. The molecule has 1 amide bonds. The zero-order valence-electron chi connectivity index (χ0n) is 13.6. The SMILES string of the molecule is C[C@@H](NCCCNC(=O)OC(C)(C)C)C1CCCCC1. The van der Waals surface area contributed by atoms with Crippen molar-refractivity contribution in [3.8, 4) is 0 Å². The molecule has 0 aromatic rings. The number of carbonyl (C=O) groups is 1. The highest BCUT2D eigenvalue weighted by Gasteiger charge is 2.19. The van der Waals surface area contributed by atoms with E-state index in [1.165, 1.54) is 32.1 Å². The summed E-state index contributed by atoms with van der Waals surface area (Å²) in [6.07, 6.45) is 7.53. The van der Waals surface area contributed by atoms with E-state index in [4.69, 9.17) is 4.74 Å². The Morgan fingerprint density at radius 2 is 1.85 bits per heavy atom. The smallest absolute Gasteiger partial charge is 0.407 e. The molecule has 2 N–H and O–H groups in total. The summed E-state index contributed by atoms with van der Waals surface area (Å²) in [4.78, 5) is 11.4. The number of hydrogen-bond donors (Lipinski definition) is 2. The Morgan fingerprint density at radius 3 is 2.45 bits per heavy atom.